The summed E-state index contributed by atoms with van der Waals surface area (Å²) in [6, 6.07) is 7.85. The van der Waals surface area contributed by atoms with Crippen molar-refractivity contribution in [1.29, 1.82) is 0 Å². The first kappa shape index (κ1) is 18.7. The van der Waals surface area contributed by atoms with Crippen LogP contribution in [0.4, 0.5) is 5.69 Å². The van der Waals surface area contributed by atoms with Gasteiger partial charge in [0.15, 0.2) is 0 Å². The van der Waals surface area contributed by atoms with E-state index in [2.05, 4.69) is 5.32 Å². The summed E-state index contributed by atoms with van der Waals surface area (Å²) in [6.45, 7) is 3.29. The molecule has 0 aromatic heterocycles. The minimum Gasteiger partial charge on any atom is -0.378 e. The zero-order valence-electron chi connectivity index (χ0n) is 15.9. The lowest BCUT2D eigenvalue weighted by Gasteiger charge is -2.33. The Hall–Kier alpha value is -2.08. The normalized spacial score (nSPS) is 18.0. The van der Waals surface area contributed by atoms with Crippen molar-refractivity contribution < 1.29 is 9.59 Å². The summed E-state index contributed by atoms with van der Waals surface area (Å²) in [5.41, 5.74) is 1.66. The van der Waals surface area contributed by atoms with Gasteiger partial charge in [0.1, 0.15) is 6.54 Å². The average Bonchev–Trinajstić information content (AvgIpc) is 3.20. The Labute approximate surface area is 156 Å². The highest BCUT2D eigenvalue weighted by Gasteiger charge is 2.31. The first-order valence-corrected chi connectivity index (χ1v) is 9.63. The molecule has 0 spiro atoms. The van der Waals surface area contributed by atoms with Crippen LogP contribution in [0.5, 0.6) is 0 Å². The van der Waals surface area contributed by atoms with E-state index in [9.17, 15) is 9.59 Å². The molecule has 1 saturated carbocycles. The Bertz CT molecular complexity index is 634. The van der Waals surface area contributed by atoms with Crippen molar-refractivity contribution in [1.82, 2.24) is 15.1 Å². The van der Waals surface area contributed by atoms with Gasteiger partial charge in [-0.2, -0.15) is 0 Å². The number of rotatable bonds is 5. The highest BCUT2D eigenvalue weighted by molar-refractivity contribution is 5.97. The fourth-order valence-corrected chi connectivity index (χ4v) is 3.83. The van der Waals surface area contributed by atoms with E-state index >= 15 is 0 Å². The Balaban J connectivity index is 1.77. The molecule has 2 aliphatic rings. The van der Waals surface area contributed by atoms with Crippen molar-refractivity contribution in [2.24, 2.45) is 0 Å². The van der Waals surface area contributed by atoms with Gasteiger partial charge in [-0.05, 0) is 31.0 Å². The van der Waals surface area contributed by atoms with Crippen LogP contribution in [0.25, 0.3) is 0 Å². The maximum absolute atomic E-state index is 13.2. The highest BCUT2D eigenvalue weighted by atomic mass is 16.2. The summed E-state index contributed by atoms with van der Waals surface area (Å²) >= 11 is 0. The lowest BCUT2D eigenvalue weighted by atomic mass is 10.1. The van der Waals surface area contributed by atoms with E-state index in [-0.39, 0.29) is 24.4 Å². The van der Waals surface area contributed by atoms with E-state index in [0.717, 1.165) is 57.5 Å². The van der Waals surface area contributed by atoms with E-state index in [1.54, 1.807) is 0 Å². The van der Waals surface area contributed by atoms with E-state index in [1.807, 2.05) is 53.1 Å². The monoisotopic (exact) mass is 358 g/mol. The molecule has 2 fully saturated rings. The van der Waals surface area contributed by atoms with Crippen molar-refractivity contribution in [3.05, 3.63) is 29.8 Å². The summed E-state index contributed by atoms with van der Waals surface area (Å²) in [6.07, 6.45) is 4.25. The van der Waals surface area contributed by atoms with Gasteiger partial charge in [-0.3, -0.25) is 9.59 Å². The molecule has 6 nitrogen and oxygen atoms in total. The molecule has 1 aliphatic carbocycles. The molecule has 1 heterocycles. The van der Waals surface area contributed by atoms with Crippen LogP contribution in [0.2, 0.25) is 0 Å². The lowest BCUT2D eigenvalue weighted by molar-refractivity contribution is -0.132. The molecular weight excluding hydrogens is 328 g/mol. The van der Waals surface area contributed by atoms with E-state index in [0.29, 0.717) is 5.56 Å². The molecular formula is C20H30N4O2. The van der Waals surface area contributed by atoms with E-state index in [1.165, 1.54) is 0 Å². The van der Waals surface area contributed by atoms with Gasteiger partial charge in [-0.1, -0.05) is 18.9 Å². The van der Waals surface area contributed by atoms with Crippen LogP contribution in [0.3, 0.4) is 0 Å². The molecule has 3 rings (SSSR count). The molecule has 1 aromatic carbocycles. The predicted molar refractivity (Wildman–Crippen MR) is 104 cm³/mol. The Morgan fingerprint density at radius 3 is 2.50 bits per heavy atom. The molecule has 0 bridgehead atoms. The molecule has 0 unspecified atom stereocenters. The van der Waals surface area contributed by atoms with Gasteiger partial charge in [0.25, 0.3) is 5.91 Å². The fraction of sp³-hybridized carbons (Fsp3) is 0.600. The number of carbonyl (C=O) groups excluding carboxylic acids is 2. The number of hydrogen-bond acceptors (Lipinski definition) is 4. The summed E-state index contributed by atoms with van der Waals surface area (Å²) in [7, 11) is 3.93. The second-order valence-corrected chi connectivity index (χ2v) is 7.45. The molecule has 1 N–H and O–H groups in total. The largest absolute Gasteiger partial charge is 0.378 e. The number of piperazine rings is 1. The molecule has 1 aliphatic heterocycles. The summed E-state index contributed by atoms with van der Waals surface area (Å²) < 4.78 is 0. The van der Waals surface area contributed by atoms with Crippen LogP contribution in [-0.2, 0) is 4.79 Å². The van der Waals surface area contributed by atoms with E-state index in [4.69, 9.17) is 0 Å². The van der Waals surface area contributed by atoms with Gasteiger partial charge in [0.05, 0.1) is 0 Å². The number of hydrogen-bond donors (Lipinski definition) is 1. The van der Waals surface area contributed by atoms with Gasteiger partial charge in [-0.15, -0.1) is 0 Å². The SMILES string of the molecule is CN(C)c1cccc(C(=O)N(CC(=O)N2CCNCC2)C2CCCC2)c1. The average molecular weight is 358 g/mol. The maximum Gasteiger partial charge on any atom is 0.254 e. The minimum absolute atomic E-state index is 0.0240. The van der Waals surface area contributed by atoms with Crippen LogP contribution in [-0.4, -0.2) is 74.5 Å². The minimum atomic E-state index is -0.0240. The van der Waals surface area contributed by atoms with Gasteiger partial charge in [0, 0.05) is 57.6 Å². The van der Waals surface area contributed by atoms with Crippen LogP contribution < -0.4 is 10.2 Å². The fourth-order valence-electron chi connectivity index (χ4n) is 3.83. The summed E-state index contributed by atoms with van der Waals surface area (Å²) in [5.74, 6) is 0.0413. The molecule has 26 heavy (non-hydrogen) atoms. The number of nitrogens with zero attached hydrogens (tertiary/aromatic N) is 3. The van der Waals surface area contributed by atoms with Gasteiger partial charge in [0.2, 0.25) is 5.91 Å². The molecule has 1 aromatic rings. The Morgan fingerprint density at radius 2 is 1.85 bits per heavy atom. The van der Waals surface area contributed by atoms with Crippen LogP contribution in [0.15, 0.2) is 24.3 Å². The third-order valence-corrected chi connectivity index (χ3v) is 5.41. The molecule has 0 atom stereocenters. The molecule has 0 radical (unpaired) electrons. The van der Waals surface area contributed by atoms with Gasteiger partial charge in [-0.25, -0.2) is 0 Å². The Morgan fingerprint density at radius 1 is 1.15 bits per heavy atom. The van der Waals surface area contributed by atoms with Crippen molar-refractivity contribution in [2.75, 3.05) is 51.7 Å². The van der Waals surface area contributed by atoms with Crippen molar-refractivity contribution >= 4 is 17.5 Å². The second-order valence-electron chi connectivity index (χ2n) is 7.45. The number of anilines is 1. The van der Waals surface area contributed by atoms with E-state index < -0.39 is 0 Å². The lowest BCUT2D eigenvalue weighted by Crippen LogP contribution is -2.52. The standard InChI is InChI=1S/C20H30N4O2/c1-22(2)18-9-5-6-16(14-18)20(26)24(17-7-3-4-8-17)15-19(25)23-12-10-21-11-13-23/h5-6,9,14,17,21H,3-4,7-8,10-13,15H2,1-2H3. The number of nitrogens with one attached hydrogen (secondary N) is 1. The molecule has 2 amide bonds. The maximum atomic E-state index is 13.2. The smallest absolute Gasteiger partial charge is 0.254 e. The van der Waals surface area contributed by atoms with Gasteiger partial charge >= 0.3 is 0 Å². The zero-order valence-corrected chi connectivity index (χ0v) is 15.9. The van der Waals surface area contributed by atoms with Crippen LogP contribution in [0, 0.1) is 0 Å². The molecule has 6 heteroatoms. The second kappa shape index (κ2) is 8.54. The number of carbonyl (C=O) groups is 2. The zero-order chi connectivity index (χ0) is 18.5. The van der Waals surface area contributed by atoms with Crippen LogP contribution >= 0.6 is 0 Å². The Kier molecular flexibility index (Phi) is 6.14. The molecule has 142 valence electrons. The summed E-state index contributed by atoms with van der Waals surface area (Å²) in [5, 5.41) is 3.26. The summed E-state index contributed by atoms with van der Waals surface area (Å²) in [4.78, 5) is 31.7. The highest BCUT2D eigenvalue weighted by Crippen LogP contribution is 2.26. The topological polar surface area (TPSA) is 55.9 Å². The third kappa shape index (κ3) is 4.36. The van der Waals surface area contributed by atoms with Crippen molar-refractivity contribution in [3.63, 3.8) is 0 Å². The van der Waals surface area contributed by atoms with Crippen molar-refractivity contribution in [3.8, 4) is 0 Å². The van der Waals surface area contributed by atoms with Crippen LogP contribution in [0.1, 0.15) is 36.0 Å². The third-order valence-electron chi connectivity index (χ3n) is 5.41. The first-order valence-electron chi connectivity index (χ1n) is 9.63. The van der Waals surface area contributed by atoms with Gasteiger partial charge < -0.3 is 20.0 Å². The number of amides is 2. The van der Waals surface area contributed by atoms with Crippen molar-refractivity contribution in [2.45, 2.75) is 31.7 Å². The number of benzene rings is 1. The first-order chi connectivity index (χ1) is 12.6. The predicted octanol–water partition coefficient (Wildman–Crippen LogP) is 1.57. The quantitative estimate of drug-likeness (QED) is 0.868. The molecule has 1 saturated heterocycles.